The maximum Gasteiger partial charge on any atom is 0.138 e. The van der Waals surface area contributed by atoms with Crippen molar-refractivity contribution < 1.29 is 9.47 Å². The lowest BCUT2D eigenvalue weighted by molar-refractivity contribution is 0.00747. The standard InChI is InChI=1S/C15H22ClNO2/c16-14-10-12(4-1-2-8-17)6-7-15(14)19-13-5-3-9-18-11-13/h6-7,10,13H,1-5,8-9,11,17H2. The van der Waals surface area contributed by atoms with Gasteiger partial charge in [-0.15, -0.1) is 0 Å². The minimum atomic E-state index is 0.134. The molecule has 0 aromatic heterocycles. The van der Waals surface area contributed by atoms with Gasteiger partial charge in [0.25, 0.3) is 0 Å². The second-order valence-corrected chi connectivity index (χ2v) is 5.37. The number of hydrogen-bond acceptors (Lipinski definition) is 3. The molecule has 1 atom stereocenters. The quantitative estimate of drug-likeness (QED) is 0.816. The van der Waals surface area contributed by atoms with Crippen molar-refractivity contribution in [2.24, 2.45) is 5.73 Å². The maximum atomic E-state index is 6.27. The number of unbranched alkanes of at least 4 members (excludes halogenated alkanes) is 1. The average Bonchev–Trinajstić information content (AvgIpc) is 2.43. The first-order chi connectivity index (χ1) is 9.29. The van der Waals surface area contributed by atoms with Crippen molar-refractivity contribution in [1.29, 1.82) is 0 Å². The van der Waals surface area contributed by atoms with Gasteiger partial charge in [-0.25, -0.2) is 0 Å². The first-order valence-electron chi connectivity index (χ1n) is 7.02. The van der Waals surface area contributed by atoms with Gasteiger partial charge in [-0.2, -0.15) is 0 Å². The van der Waals surface area contributed by atoms with Crippen LogP contribution in [0.15, 0.2) is 18.2 Å². The Labute approximate surface area is 120 Å². The van der Waals surface area contributed by atoms with Crippen LogP contribution < -0.4 is 10.5 Å². The Kier molecular flexibility index (Phi) is 5.95. The third-order valence-electron chi connectivity index (χ3n) is 3.33. The summed E-state index contributed by atoms with van der Waals surface area (Å²) in [7, 11) is 0. The molecule has 1 aliphatic rings. The Bertz CT molecular complexity index is 392. The zero-order valence-electron chi connectivity index (χ0n) is 11.2. The lowest BCUT2D eigenvalue weighted by Gasteiger charge is -2.23. The summed E-state index contributed by atoms with van der Waals surface area (Å²) in [6.07, 6.45) is 5.39. The highest BCUT2D eigenvalue weighted by Gasteiger charge is 2.16. The molecule has 0 amide bonds. The van der Waals surface area contributed by atoms with Crippen molar-refractivity contribution in [2.75, 3.05) is 19.8 Å². The Morgan fingerprint density at radius 1 is 1.37 bits per heavy atom. The Balaban J connectivity index is 1.90. The molecule has 3 nitrogen and oxygen atoms in total. The number of ether oxygens (including phenoxy) is 2. The summed E-state index contributed by atoms with van der Waals surface area (Å²) < 4.78 is 11.3. The summed E-state index contributed by atoms with van der Waals surface area (Å²) in [5.74, 6) is 0.764. The van der Waals surface area contributed by atoms with E-state index < -0.39 is 0 Å². The summed E-state index contributed by atoms with van der Waals surface area (Å²) in [5.41, 5.74) is 6.73. The van der Waals surface area contributed by atoms with E-state index in [9.17, 15) is 0 Å². The number of halogens is 1. The van der Waals surface area contributed by atoms with Crippen LogP contribution in [0.1, 0.15) is 31.2 Å². The Hall–Kier alpha value is -0.770. The van der Waals surface area contributed by atoms with E-state index in [0.717, 1.165) is 51.0 Å². The van der Waals surface area contributed by atoms with Crippen molar-refractivity contribution >= 4 is 11.6 Å². The molecule has 0 aliphatic carbocycles. The first-order valence-corrected chi connectivity index (χ1v) is 7.40. The smallest absolute Gasteiger partial charge is 0.138 e. The van der Waals surface area contributed by atoms with Gasteiger partial charge in [0.05, 0.1) is 11.6 Å². The number of hydrogen-bond donors (Lipinski definition) is 1. The fourth-order valence-electron chi connectivity index (χ4n) is 2.25. The van der Waals surface area contributed by atoms with Crippen LogP contribution in [0.2, 0.25) is 5.02 Å². The lowest BCUT2D eigenvalue weighted by atomic mass is 10.1. The van der Waals surface area contributed by atoms with Crippen LogP contribution in [-0.2, 0) is 11.2 Å². The molecule has 19 heavy (non-hydrogen) atoms. The van der Waals surface area contributed by atoms with Crippen molar-refractivity contribution in [3.8, 4) is 5.75 Å². The van der Waals surface area contributed by atoms with Gasteiger partial charge in [-0.1, -0.05) is 17.7 Å². The molecule has 4 heteroatoms. The molecule has 2 rings (SSSR count). The molecule has 106 valence electrons. The molecular formula is C15H22ClNO2. The van der Waals surface area contributed by atoms with Crippen molar-refractivity contribution in [3.63, 3.8) is 0 Å². The monoisotopic (exact) mass is 283 g/mol. The van der Waals surface area contributed by atoms with Crippen molar-refractivity contribution in [3.05, 3.63) is 28.8 Å². The molecule has 1 aromatic carbocycles. The van der Waals surface area contributed by atoms with E-state index in [2.05, 4.69) is 6.07 Å². The molecule has 1 aromatic rings. The minimum absolute atomic E-state index is 0.134. The molecule has 0 bridgehead atoms. The molecule has 1 aliphatic heterocycles. The molecule has 1 saturated heterocycles. The van der Waals surface area contributed by atoms with Gasteiger partial charge >= 0.3 is 0 Å². The van der Waals surface area contributed by atoms with Crippen molar-refractivity contribution in [2.45, 2.75) is 38.2 Å². The van der Waals surface area contributed by atoms with Crippen LogP contribution in [0.3, 0.4) is 0 Å². The molecule has 2 N–H and O–H groups in total. The van der Waals surface area contributed by atoms with Crippen LogP contribution >= 0.6 is 11.6 Å². The van der Waals surface area contributed by atoms with E-state index in [1.807, 2.05) is 12.1 Å². The fraction of sp³-hybridized carbons (Fsp3) is 0.600. The van der Waals surface area contributed by atoms with Crippen molar-refractivity contribution in [1.82, 2.24) is 0 Å². The third-order valence-corrected chi connectivity index (χ3v) is 3.62. The Morgan fingerprint density at radius 3 is 2.95 bits per heavy atom. The highest BCUT2D eigenvalue weighted by atomic mass is 35.5. The zero-order valence-corrected chi connectivity index (χ0v) is 12.0. The van der Waals surface area contributed by atoms with Gasteiger partial charge < -0.3 is 15.2 Å². The van der Waals surface area contributed by atoms with Crippen LogP contribution in [0.25, 0.3) is 0 Å². The van der Waals surface area contributed by atoms with Gasteiger partial charge in [-0.3, -0.25) is 0 Å². The molecule has 1 fully saturated rings. The molecule has 0 spiro atoms. The van der Waals surface area contributed by atoms with Gasteiger partial charge in [-0.05, 0) is 56.3 Å². The number of benzene rings is 1. The number of nitrogens with two attached hydrogens (primary N) is 1. The van der Waals surface area contributed by atoms with Gasteiger partial charge in [0, 0.05) is 6.61 Å². The normalized spacial score (nSPS) is 19.4. The molecule has 0 radical (unpaired) electrons. The largest absolute Gasteiger partial charge is 0.486 e. The van der Waals surface area contributed by atoms with Gasteiger partial charge in [0.15, 0.2) is 0 Å². The SMILES string of the molecule is NCCCCc1ccc(OC2CCCOC2)c(Cl)c1. The summed E-state index contributed by atoms with van der Waals surface area (Å²) in [6, 6.07) is 6.05. The number of rotatable bonds is 6. The highest BCUT2D eigenvalue weighted by Crippen LogP contribution is 2.28. The minimum Gasteiger partial charge on any atom is -0.486 e. The first kappa shape index (κ1) is 14.6. The summed E-state index contributed by atoms with van der Waals surface area (Å²) >= 11 is 6.27. The second kappa shape index (κ2) is 7.73. The van der Waals surface area contributed by atoms with E-state index >= 15 is 0 Å². The summed E-state index contributed by atoms with van der Waals surface area (Å²) in [6.45, 7) is 2.25. The van der Waals surface area contributed by atoms with Gasteiger partial charge in [0.2, 0.25) is 0 Å². The van der Waals surface area contributed by atoms with E-state index in [0.29, 0.717) is 11.6 Å². The summed E-state index contributed by atoms with van der Waals surface area (Å²) in [4.78, 5) is 0. The second-order valence-electron chi connectivity index (χ2n) is 4.97. The maximum absolute atomic E-state index is 6.27. The lowest BCUT2D eigenvalue weighted by Crippen LogP contribution is -2.28. The summed E-state index contributed by atoms with van der Waals surface area (Å²) in [5, 5.41) is 0.691. The van der Waals surface area contributed by atoms with Crippen LogP contribution in [-0.4, -0.2) is 25.9 Å². The Morgan fingerprint density at radius 2 is 2.26 bits per heavy atom. The zero-order chi connectivity index (χ0) is 13.5. The average molecular weight is 284 g/mol. The van der Waals surface area contributed by atoms with E-state index in [-0.39, 0.29) is 6.10 Å². The van der Waals surface area contributed by atoms with Gasteiger partial charge in [0.1, 0.15) is 11.9 Å². The fourth-order valence-corrected chi connectivity index (χ4v) is 2.50. The van der Waals surface area contributed by atoms with E-state index in [4.69, 9.17) is 26.8 Å². The molecular weight excluding hydrogens is 262 g/mol. The van der Waals surface area contributed by atoms with Crippen LogP contribution in [0.4, 0.5) is 0 Å². The van der Waals surface area contributed by atoms with E-state index in [1.54, 1.807) is 0 Å². The topological polar surface area (TPSA) is 44.5 Å². The van der Waals surface area contributed by atoms with Crippen LogP contribution in [0, 0.1) is 0 Å². The molecule has 1 unspecified atom stereocenters. The molecule has 1 heterocycles. The predicted molar refractivity (Wildman–Crippen MR) is 77.9 cm³/mol. The third kappa shape index (κ3) is 4.68. The van der Waals surface area contributed by atoms with E-state index in [1.165, 1.54) is 5.56 Å². The number of aryl methyl sites for hydroxylation is 1. The highest BCUT2D eigenvalue weighted by molar-refractivity contribution is 6.32. The van der Waals surface area contributed by atoms with Crippen LogP contribution in [0.5, 0.6) is 5.75 Å². The molecule has 0 saturated carbocycles. The predicted octanol–water partition coefficient (Wildman–Crippen LogP) is 3.18.